The fourth-order valence-corrected chi connectivity index (χ4v) is 2.59. The van der Waals surface area contributed by atoms with Gasteiger partial charge in [-0.3, -0.25) is 4.79 Å². The van der Waals surface area contributed by atoms with E-state index in [1.54, 1.807) is 0 Å². The second kappa shape index (κ2) is 6.83. The summed E-state index contributed by atoms with van der Waals surface area (Å²) in [5.41, 5.74) is 0. The molecule has 1 fully saturated rings. The first-order valence-electron chi connectivity index (χ1n) is 7.32. The fourth-order valence-electron chi connectivity index (χ4n) is 2.59. The number of nitrogens with one attached hydrogen (secondary N) is 1. The predicted octanol–water partition coefficient (Wildman–Crippen LogP) is 2.00. The van der Waals surface area contributed by atoms with Gasteiger partial charge in [-0.15, -0.1) is 0 Å². The number of hydrogen-bond acceptors (Lipinski definition) is 5. The zero-order chi connectivity index (χ0) is 14.5. The van der Waals surface area contributed by atoms with Gasteiger partial charge in [0.05, 0.1) is 12.5 Å². The summed E-state index contributed by atoms with van der Waals surface area (Å²) in [6.07, 6.45) is 4.10. The van der Waals surface area contributed by atoms with Crippen molar-refractivity contribution in [1.82, 2.24) is 15.5 Å². The number of carbonyl (C=O) groups is 1. The lowest BCUT2D eigenvalue weighted by atomic mass is 9.86. The van der Waals surface area contributed by atoms with E-state index < -0.39 is 5.97 Å². The number of aliphatic carboxylic acids is 1. The summed E-state index contributed by atoms with van der Waals surface area (Å²) in [7, 11) is 0. The fraction of sp³-hybridized carbons (Fsp3) is 0.786. The topological polar surface area (TPSA) is 88.2 Å². The Hall–Kier alpha value is -1.43. The smallest absolute Gasteiger partial charge is 0.306 e. The highest BCUT2D eigenvalue weighted by Crippen LogP contribution is 2.24. The molecule has 0 atom stereocenters. The molecule has 1 aliphatic rings. The van der Waals surface area contributed by atoms with E-state index in [0.29, 0.717) is 24.4 Å². The quantitative estimate of drug-likeness (QED) is 0.829. The second-order valence-electron chi connectivity index (χ2n) is 5.97. The van der Waals surface area contributed by atoms with Crippen molar-refractivity contribution >= 4 is 5.97 Å². The third kappa shape index (κ3) is 4.30. The average molecular weight is 281 g/mol. The monoisotopic (exact) mass is 281 g/mol. The number of aromatic nitrogens is 2. The largest absolute Gasteiger partial charge is 0.481 e. The Balaban J connectivity index is 1.73. The molecule has 0 aliphatic heterocycles. The van der Waals surface area contributed by atoms with Crippen LogP contribution in [0.15, 0.2) is 4.52 Å². The maximum Gasteiger partial charge on any atom is 0.306 e. The number of carboxylic acids is 1. The normalized spacial score (nSPS) is 23.1. The molecule has 20 heavy (non-hydrogen) atoms. The van der Waals surface area contributed by atoms with Crippen LogP contribution >= 0.6 is 0 Å². The van der Waals surface area contributed by atoms with Crippen LogP contribution in [0.2, 0.25) is 0 Å². The van der Waals surface area contributed by atoms with Crippen molar-refractivity contribution in [3.8, 4) is 0 Å². The molecule has 0 spiro atoms. The molecule has 1 aromatic heterocycles. The van der Waals surface area contributed by atoms with Crippen molar-refractivity contribution in [3.05, 3.63) is 11.7 Å². The first-order valence-corrected chi connectivity index (χ1v) is 7.32. The van der Waals surface area contributed by atoms with Gasteiger partial charge < -0.3 is 14.9 Å². The lowest BCUT2D eigenvalue weighted by Gasteiger charge is -2.26. The van der Waals surface area contributed by atoms with E-state index in [4.69, 9.17) is 9.63 Å². The molecule has 6 heteroatoms. The molecule has 0 radical (unpaired) electrons. The highest BCUT2D eigenvalue weighted by atomic mass is 16.5. The van der Waals surface area contributed by atoms with Crippen LogP contribution < -0.4 is 5.32 Å². The number of hydrogen-bond donors (Lipinski definition) is 2. The van der Waals surface area contributed by atoms with Gasteiger partial charge in [-0.05, 0) is 31.6 Å². The lowest BCUT2D eigenvalue weighted by Crippen LogP contribution is -2.34. The van der Waals surface area contributed by atoms with Crippen LogP contribution in [0.1, 0.15) is 51.2 Å². The van der Waals surface area contributed by atoms with Gasteiger partial charge in [0.25, 0.3) is 0 Å². The van der Waals surface area contributed by atoms with Crippen LogP contribution in [-0.2, 0) is 17.8 Å². The van der Waals surface area contributed by atoms with Crippen LogP contribution in [0.25, 0.3) is 0 Å². The molecule has 1 aliphatic carbocycles. The molecule has 112 valence electrons. The number of nitrogens with zero attached hydrogens (tertiary/aromatic N) is 2. The van der Waals surface area contributed by atoms with Gasteiger partial charge in [0, 0.05) is 12.5 Å². The molecule has 6 nitrogen and oxygen atoms in total. The highest BCUT2D eigenvalue weighted by Gasteiger charge is 2.25. The van der Waals surface area contributed by atoms with E-state index in [1.165, 1.54) is 0 Å². The summed E-state index contributed by atoms with van der Waals surface area (Å²) in [6, 6.07) is 0.353. The van der Waals surface area contributed by atoms with E-state index in [9.17, 15) is 4.79 Å². The van der Waals surface area contributed by atoms with Crippen molar-refractivity contribution in [2.75, 3.05) is 0 Å². The van der Waals surface area contributed by atoms with Crippen LogP contribution in [0.4, 0.5) is 0 Å². The van der Waals surface area contributed by atoms with E-state index in [1.807, 2.05) is 0 Å². The molecular formula is C14H23N3O3. The zero-order valence-electron chi connectivity index (χ0n) is 12.1. The van der Waals surface area contributed by atoms with Gasteiger partial charge in [0.2, 0.25) is 5.89 Å². The van der Waals surface area contributed by atoms with Gasteiger partial charge in [0.1, 0.15) is 0 Å². The number of carboxylic acid groups (broad SMARTS) is 1. The minimum Gasteiger partial charge on any atom is -0.481 e. The SMILES string of the molecule is CC(C)Cc1noc(CNC2CCC(C(=O)O)CC2)n1. The zero-order valence-corrected chi connectivity index (χ0v) is 12.1. The van der Waals surface area contributed by atoms with Gasteiger partial charge in [0.15, 0.2) is 5.82 Å². The molecule has 1 heterocycles. The van der Waals surface area contributed by atoms with Crippen molar-refractivity contribution < 1.29 is 14.4 Å². The van der Waals surface area contributed by atoms with Crippen LogP contribution in [-0.4, -0.2) is 27.3 Å². The Labute approximate surface area is 118 Å². The Morgan fingerprint density at radius 3 is 2.70 bits per heavy atom. The summed E-state index contributed by atoms with van der Waals surface area (Å²) >= 11 is 0. The standard InChI is InChI=1S/C14H23N3O3/c1-9(2)7-12-16-13(20-17-12)8-15-11-5-3-10(4-6-11)14(18)19/h9-11,15H,3-8H2,1-2H3,(H,18,19). The van der Waals surface area contributed by atoms with Gasteiger partial charge >= 0.3 is 5.97 Å². The summed E-state index contributed by atoms with van der Waals surface area (Å²) < 4.78 is 5.20. The summed E-state index contributed by atoms with van der Waals surface area (Å²) in [5.74, 6) is 1.04. The van der Waals surface area contributed by atoms with Crippen molar-refractivity contribution in [3.63, 3.8) is 0 Å². The molecule has 0 saturated heterocycles. The lowest BCUT2D eigenvalue weighted by molar-refractivity contribution is -0.142. The van der Waals surface area contributed by atoms with E-state index >= 15 is 0 Å². The molecule has 2 N–H and O–H groups in total. The molecule has 0 unspecified atom stereocenters. The van der Waals surface area contributed by atoms with Crippen LogP contribution in [0.5, 0.6) is 0 Å². The van der Waals surface area contributed by atoms with Crippen molar-refractivity contribution in [2.24, 2.45) is 11.8 Å². The molecule has 1 saturated carbocycles. The van der Waals surface area contributed by atoms with Gasteiger partial charge in [-0.1, -0.05) is 19.0 Å². The third-order valence-electron chi connectivity index (χ3n) is 3.72. The Morgan fingerprint density at radius 1 is 1.40 bits per heavy atom. The second-order valence-corrected chi connectivity index (χ2v) is 5.97. The molecule has 0 bridgehead atoms. The number of rotatable bonds is 6. The minimum atomic E-state index is -0.668. The first-order chi connectivity index (χ1) is 9.54. The molecule has 1 aromatic rings. The van der Waals surface area contributed by atoms with E-state index in [2.05, 4.69) is 29.3 Å². The summed E-state index contributed by atoms with van der Waals surface area (Å²) in [6.45, 7) is 4.80. The van der Waals surface area contributed by atoms with Crippen molar-refractivity contribution in [2.45, 2.75) is 58.5 Å². The highest BCUT2D eigenvalue weighted by molar-refractivity contribution is 5.70. The Bertz CT molecular complexity index is 437. The molecule has 0 aromatic carbocycles. The van der Waals surface area contributed by atoms with Gasteiger partial charge in [-0.25, -0.2) is 0 Å². The predicted molar refractivity (Wildman–Crippen MR) is 73.1 cm³/mol. The molecule has 2 rings (SSSR count). The van der Waals surface area contributed by atoms with Crippen LogP contribution in [0.3, 0.4) is 0 Å². The van der Waals surface area contributed by atoms with E-state index in [0.717, 1.165) is 37.9 Å². The minimum absolute atomic E-state index is 0.172. The van der Waals surface area contributed by atoms with Gasteiger partial charge in [-0.2, -0.15) is 4.98 Å². The Morgan fingerprint density at radius 2 is 2.10 bits per heavy atom. The van der Waals surface area contributed by atoms with Crippen LogP contribution in [0, 0.1) is 11.8 Å². The summed E-state index contributed by atoms with van der Waals surface area (Å²) in [5, 5.41) is 16.3. The Kier molecular flexibility index (Phi) is 5.11. The average Bonchev–Trinajstić information content (AvgIpc) is 2.83. The first kappa shape index (κ1) is 15.0. The molecule has 0 amide bonds. The third-order valence-corrected chi connectivity index (χ3v) is 3.72. The molecular weight excluding hydrogens is 258 g/mol. The maximum absolute atomic E-state index is 10.9. The summed E-state index contributed by atoms with van der Waals surface area (Å²) in [4.78, 5) is 15.2. The van der Waals surface area contributed by atoms with Crippen molar-refractivity contribution in [1.29, 1.82) is 0 Å². The maximum atomic E-state index is 10.9. The van der Waals surface area contributed by atoms with E-state index in [-0.39, 0.29) is 5.92 Å².